The fourth-order valence-corrected chi connectivity index (χ4v) is 0. The van der Waals surface area contributed by atoms with Gasteiger partial charge in [-0.05, 0) is 0 Å². The monoisotopic (exact) mass is 410 g/mol. The van der Waals surface area contributed by atoms with Gasteiger partial charge >= 0.3 is 83.5 Å². The molecule has 0 saturated carbocycles. The minimum absolute atomic E-state index is 0. The molecule has 20 valence electrons. The maximum atomic E-state index is 2.34. The van der Waals surface area contributed by atoms with E-state index >= 15 is 0 Å². The normalized spacial score (nSPS) is 1.40. The summed E-state index contributed by atoms with van der Waals surface area (Å²) in [6.07, 6.45) is 0. The zero-order chi connectivity index (χ0) is 2.00. The summed E-state index contributed by atoms with van der Waals surface area (Å²) in [5, 5.41) is 0. The molecule has 0 unspecified atom stereocenters. The van der Waals surface area contributed by atoms with Gasteiger partial charge in [-0.3, -0.25) is 0 Å². The van der Waals surface area contributed by atoms with Crippen molar-refractivity contribution in [3.8, 4) is 0 Å². The van der Waals surface area contributed by atoms with E-state index in [9.17, 15) is 0 Å². The number of hydrogen-bond donors (Lipinski definition) is 0. The topological polar surface area (TPSA) is 31.5 Å². The van der Waals surface area contributed by atoms with E-state index in [1.165, 1.54) is 0 Å². The third kappa shape index (κ3) is 17.8. The minimum atomic E-state index is 0. The van der Waals surface area contributed by atoms with Gasteiger partial charge in [0.15, 0.2) is 0 Å². The van der Waals surface area contributed by atoms with Gasteiger partial charge in [-0.1, -0.05) is 0 Å². The van der Waals surface area contributed by atoms with E-state index in [-0.39, 0.29) is 62.7 Å². The van der Waals surface area contributed by atoms with Crippen LogP contribution in [-0.2, 0) is 27.7 Å². The Hall–Kier alpha value is 4.26. The first-order chi connectivity index (χ1) is 1.00. The van der Waals surface area contributed by atoms with Crippen LogP contribution in [0.25, 0.3) is 0 Å². The molecule has 2 N–H and O–H groups in total. The van der Waals surface area contributed by atoms with Crippen LogP contribution >= 0.6 is 11.3 Å². The molecule has 0 saturated heterocycles. The Morgan fingerprint density at radius 2 is 1.20 bits per heavy atom. The first-order valence-electron chi connectivity index (χ1n) is 0.378. The van der Waals surface area contributed by atoms with Crippen LogP contribution in [0.3, 0.4) is 0 Å². The van der Waals surface area contributed by atoms with Crippen molar-refractivity contribution in [3.63, 3.8) is 0 Å². The fraction of sp³-hybridized carbons (Fsp3) is 0. The molecular weight excluding hydrogens is 406 g/mol. The van der Waals surface area contributed by atoms with Crippen molar-refractivity contribution in [1.29, 1.82) is 0 Å². The van der Waals surface area contributed by atoms with Crippen molar-refractivity contribution < 1.29 is 33.1 Å². The Kier molecular flexibility index (Phi) is 110. The van der Waals surface area contributed by atoms with Crippen LogP contribution < -0.4 is 0 Å². The Morgan fingerprint density at radius 3 is 1.20 bits per heavy atom. The van der Waals surface area contributed by atoms with E-state index in [4.69, 9.17) is 0 Å². The van der Waals surface area contributed by atoms with Crippen LogP contribution in [0.15, 0.2) is 0 Å². The van der Waals surface area contributed by atoms with E-state index in [1.54, 1.807) is 0 Å². The fourth-order valence-electron chi connectivity index (χ4n) is 0. The van der Waals surface area contributed by atoms with Gasteiger partial charge in [0.25, 0.3) is 0 Å². The quantitative estimate of drug-likeness (QED) is 0.365. The summed E-state index contributed by atoms with van der Waals surface area (Å²) in [4.78, 5) is 0. The summed E-state index contributed by atoms with van der Waals surface area (Å²) in [5.41, 5.74) is 0. The first-order valence-corrected chi connectivity index (χ1v) is 10.5. The van der Waals surface area contributed by atoms with E-state index in [0.29, 0.717) is 0 Å². The third-order valence-electron chi connectivity index (χ3n) is 0. The summed E-state index contributed by atoms with van der Waals surface area (Å²) in [6, 6.07) is 0. The molecule has 0 aromatic carbocycles. The molecule has 0 aromatic heterocycles. The van der Waals surface area contributed by atoms with E-state index in [0.717, 1.165) is 42.7 Å². The van der Waals surface area contributed by atoms with Crippen LogP contribution in [0.5, 0.6) is 0 Å². The molecule has 0 spiro atoms. The SMILES string of the molecule is O.[Hg].[K][I].[NaH]. The molecule has 0 aromatic rings. The van der Waals surface area contributed by atoms with Gasteiger partial charge < -0.3 is 5.48 Å². The van der Waals surface area contributed by atoms with Gasteiger partial charge in [0.1, 0.15) is 0 Å². The number of halogens is 1. The van der Waals surface area contributed by atoms with Gasteiger partial charge in [0.05, 0.1) is 0 Å². The molecule has 5 heavy (non-hydrogen) atoms. The molecular formula is H3HgIKNaO. The second-order valence-electron chi connectivity index (χ2n) is 0. The molecule has 5 heteroatoms. The van der Waals surface area contributed by atoms with Crippen molar-refractivity contribution in [3.05, 3.63) is 0 Å². The average molecular weight is 409 g/mol. The van der Waals surface area contributed by atoms with Crippen LogP contribution in [0, 0.1) is 0 Å². The van der Waals surface area contributed by atoms with Crippen molar-refractivity contribution in [2.45, 2.75) is 0 Å². The Labute approximate surface area is 113 Å². The molecule has 0 aliphatic rings. The van der Waals surface area contributed by atoms with Gasteiger partial charge in [-0.2, -0.15) is 0 Å². The van der Waals surface area contributed by atoms with Crippen LogP contribution in [0.1, 0.15) is 0 Å². The van der Waals surface area contributed by atoms with E-state index in [1.807, 2.05) is 0 Å². The second kappa shape index (κ2) is 24.0. The number of hydrogen-bond acceptors (Lipinski definition) is 0. The maximum absolute atomic E-state index is 2.34. The average Bonchev–Trinajstić information content (AvgIpc) is 1.00. The Bertz CT molecular complexity index is 11.6. The Morgan fingerprint density at radius 1 is 1.20 bits per heavy atom. The van der Waals surface area contributed by atoms with Crippen molar-refractivity contribution in [1.82, 2.24) is 0 Å². The molecule has 0 rings (SSSR count). The molecule has 0 aliphatic carbocycles. The summed E-state index contributed by atoms with van der Waals surface area (Å²) in [7, 11) is 0. The standard InChI is InChI=1S/Hg.HI.K.Na.H2O.H/h;1H;;;1H2;/q;;+1;;;/p-1. The number of rotatable bonds is 0. The third-order valence-corrected chi connectivity index (χ3v) is 0. The van der Waals surface area contributed by atoms with Gasteiger partial charge in [-0.15, -0.1) is 0 Å². The van der Waals surface area contributed by atoms with Crippen molar-refractivity contribution in [2.75, 3.05) is 0 Å². The summed E-state index contributed by atoms with van der Waals surface area (Å²) < 4.78 is 0. The van der Waals surface area contributed by atoms with Gasteiger partial charge in [0.2, 0.25) is 0 Å². The van der Waals surface area contributed by atoms with Gasteiger partial charge in [0, 0.05) is 27.7 Å². The van der Waals surface area contributed by atoms with Crippen LogP contribution in [-0.4, -0.2) is 77.7 Å². The summed E-state index contributed by atoms with van der Waals surface area (Å²) in [6.45, 7) is 0. The zero-order valence-corrected chi connectivity index (χ0v) is 13.4. The molecule has 1 nitrogen and oxygen atoms in total. The predicted molar refractivity (Wildman–Crippen MR) is 30.5 cm³/mol. The second-order valence-corrected chi connectivity index (χ2v) is 0. The Balaban J connectivity index is -0.00000000167. The predicted octanol–water partition coefficient (Wildman–Crippen LogP) is -0.971. The molecule has 0 radical (unpaired) electrons. The van der Waals surface area contributed by atoms with Gasteiger partial charge in [-0.25, -0.2) is 0 Å². The molecule has 0 aliphatic heterocycles. The molecule has 0 fully saturated rings. The zero-order valence-electron chi connectivity index (χ0n) is 2.59. The van der Waals surface area contributed by atoms with Crippen molar-refractivity contribution in [2.24, 2.45) is 0 Å². The van der Waals surface area contributed by atoms with Crippen LogP contribution in [0.2, 0.25) is 0 Å². The summed E-state index contributed by atoms with van der Waals surface area (Å²) >= 11 is 3.37. The summed E-state index contributed by atoms with van der Waals surface area (Å²) in [5.74, 6) is 0. The van der Waals surface area contributed by atoms with E-state index < -0.39 is 0 Å². The molecule has 0 atom stereocenters. The van der Waals surface area contributed by atoms with Crippen LogP contribution in [0.4, 0.5) is 0 Å². The first kappa shape index (κ1) is 22.8. The molecule has 0 amide bonds. The van der Waals surface area contributed by atoms with Crippen molar-refractivity contribution >= 4 is 83.5 Å². The van der Waals surface area contributed by atoms with E-state index in [2.05, 4.69) is 11.3 Å². The molecule has 0 heterocycles. The molecule has 0 bridgehead atoms.